The van der Waals surface area contributed by atoms with E-state index in [4.69, 9.17) is 18.9 Å². The largest absolute Gasteiger partial charge is 0.465 e. The van der Waals surface area contributed by atoms with Crippen molar-refractivity contribution in [1.29, 1.82) is 0 Å². The number of rotatable bonds is 9. The highest BCUT2D eigenvalue weighted by Crippen LogP contribution is 2.32. The molecule has 0 aliphatic rings. The van der Waals surface area contributed by atoms with Crippen LogP contribution in [0.4, 0.5) is 0 Å². The average Bonchev–Trinajstić information content (AvgIpc) is 2.51. The molecule has 0 saturated heterocycles. The molecule has 0 aromatic carbocycles. The van der Waals surface area contributed by atoms with Crippen molar-refractivity contribution < 1.29 is 38.1 Å². The maximum Gasteiger partial charge on any atom is 0.335 e. The molecule has 0 heterocycles. The van der Waals surface area contributed by atoms with Gasteiger partial charge in [0.15, 0.2) is 0 Å². The topological polar surface area (TPSA) is 105 Å². The third-order valence-electron chi connectivity index (χ3n) is 3.04. The number of ether oxygens (including phenoxy) is 4. The van der Waals surface area contributed by atoms with Crippen LogP contribution in [0.15, 0.2) is 12.2 Å². The van der Waals surface area contributed by atoms with E-state index < -0.39 is 41.3 Å². The summed E-state index contributed by atoms with van der Waals surface area (Å²) in [5.74, 6) is -4.34. The summed E-state index contributed by atoms with van der Waals surface area (Å²) < 4.78 is 19.8. The molecule has 0 bridgehead atoms. The zero-order valence-electron chi connectivity index (χ0n) is 16.3. The highest BCUT2D eigenvalue weighted by Gasteiger charge is 2.58. The Labute approximate surface area is 153 Å². The molecule has 0 aliphatic heterocycles. The second-order valence-electron chi connectivity index (χ2n) is 6.35. The molecule has 0 aliphatic carbocycles. The van der Waals surface area contributed by atoms with E-state index in [9.17, 15) is 19.2 Å². The molecule has 0 N–H and O–H groups in total. The molecule has 0 amide bonds. The van der Waals surface area contributed by atoms with Gasteiger partial charge in [0.1, 0.15) is 5.60 Å². The minimum absolute atomic E-state index is 0.0850. The molecule has 0 spiro atoms. The van der Waals surface area contributed by atoms with E-state index in [-0.39, 0.29) is 25.4 Å². The number of hydrogen-bond acceptors (Lipinski definition) is 8. The predicted molar refractivity (Wildman–Crippen MR) is 91.9 cm³/mol. The van der Waals surface area contributed by atoms with Crippen LogP contribution in [0.3, 0.4) is 0 Å². The summed E-state index contributed by atoms with van der Waals surface area (Å²) in [6.45, 7) is 12.8. The highest BCUT2D eigenvalue weighted by molar-refractivity contribution is 6.18. The summed E-state index contributed by atoms with van der Waals surface area (Å²) in [6, 6.07) is 0. The van der Waals surface area contributed by atoms with Crippen LogP contribution in [0.1, 0.15) is 48.0 Å². The van der Waals surface area contributed by atoms with Crippen LogP contribution in [0, 0.1) is 5.41 Å². The summed E-state index contributed by atoms with van der Waals surface area (Å²) in [5.41, 5.74) is -3.55. The normalized spacial score (nSPS) is 11.3. The molecular formula is C18H28O8. The average molecular weight is 372 g/mol. The Kier molecular flexibility index (Phi) is 9.03. The number of carbonyl (C=O) groups is 4. The van der Waals surface area contributed by atoms with Crippen molar-refractivity contribution >= 4 is 23.9 Å². The maximum atomic E-state index is 12.5. The molecule has 8 heteroatoms. The first-order valence-corrected chi connectivity index (χ1v) is 8.39. The minimum Gasteiger partial charge on any atom is -0.465 e. The van der Waals surface area contributed by atoms with Gasteiger partial charge >= 0.3 is 23.9 Å². The van der Waals surface area contributed by atoms with E-state index in [0.717, 1.165) is 0 Å². The third kappa shape index (κ3) is 6.16. The first kappa shape index (κ1) is 23.6. The zero-order chi connectivity index (χ0) is 20.5. The third-order valence-corrected chi connectivity index (χ3v) is 3.04. The molecule has 148 valence electrons. The van der Waals surface area contributed by atoms with Gasteiger partial charge in [0, 0.05) is 12.0 Å². The van der Waals surface area contributed by atoms with E-state index in [1.807, 2.05) is 0 Å². The number of esters is 4. The molecule has 0 saturated carbocycles. The van der Waals surface area contributed by atoms with E-state index >= 15 is 0 Å². The van der Waals surface area contributed by atoms with Crippen LogP contribution in [0.2, 0.25) is 0 Å². The Morgan fingerprint density at radius 1 is 0.769 bits per heavy atom. The molecule has 0 rings (SSSR count). The molecule has 0 atom stereocenters. The zero-order valence-corrected chi connectivity index (χ0v) is 16.3. The van der Waals surface area contributed by atoms with Gasteiger partial charge in [0.2, 0.25) is 0 Å². The fourth-order valence-electron chi connectivity index (χ4n) is 1.97. The van der Waals surface area contributed by atoms with Crippen molar-refractivity contribution in [3.05, 3.63) is 12.2 Å². The van der Waals surface area contributed by atoms with Crippen molar-refractivity contribution in [3.8, 4) is 0 Å². The Bertz CT molecular complexity index is 510. The van der Waals surface area contributed by atoms with Crippen molar-refractivity contribution in [3.63, 3.8) is 0 Å². The summed E-state index contributed by atoms with van der Waals surface area (Å²) in [6.07, 6.45) is -0.668. The fraction of sp³-hybridized carbons (Fsp3) is 0.667. The van der Waals surface area contributed by atoms with Crippen molar-refractivity contribution in [2.75, 3.05) is 19.8 Å². The molecule has 0 unspecified atom stereocenters. The van der Waals surface area contributed by atoms with Crippen LogP contribution in [0.25, 0.3) is 0 Å². The SMILES string of the molecule is C=C(CC(C(=O)OCC)(C(=O)OCC)C(=O)OCC)C(=O)OC(C)(C)C. The summed E-state index contributed by atoms with van der Waals surface area (Å²) in [5, 5.41) is 0. The molecule has 26 heavy (non-hydrogen) atoms. The van der Waals surface area contributed by atoms with Gasteiger partial charge in [-0.3, -0.25) is 14.4 Å². The number of carbonyl (C=O) groups excluding carboxylic acids is 4. The van der Waals surface area contributed by atoms with E-state index in [1.165, 1.54) is 20.8 Å². The van der Waals surface area contributed by atoms with Gasteiger partial charge in [-0.15, -0.1) is 0 Å². The maximum absolute atomic E-state index is 12.5. The summed E-state index contributed by atoms with van der Waals surface area (Å²) >= 11 is 0. The van der Waals surface area contributed by atoms with Gasteiger partial charge < -0.3 is 18.9 Å². The lowest BCUT2D eigenvalue weighted by molar-refractivity contribution is -0.183. The van der Waals surface area contributed by atoms with Crippen LogP contribution >= 0.6 is 0 Å². The molecular weight excluding hydrogens is 344 g/mol. The predicted octanol–water partition coefficient (Wildman–Crippen LogP) is 1.95. The van der Waals surface area contributed by atoms with Gasteiger partial charge in [-0.25, -0.2) is 4.79 Å². The van der Waals surface area contributed by atoms with Gasteiger partial charge in [-0.2, -0.15) is 0 Å². The molecule has 8 nitrogen and oxygen atoms in total. The van der Waals surface area contributed by atoms with E-state index in [1.54, 1.807) is 20.8 Å². The second-order valence-corrected chi connectivity index (χ2v) is 6.35. The van der Waals surface area contributed by atoms with Gasteiger partial charge in [-0.05, 0) is 41.5 Å². The Morgan fingerprint density at radius 3 is 1.38 bits per heavy atom. The Balaban J connectivity index is 5.97. The lowest BCUT2D eigenvalue weighted by Gasteiger charge is -2.28. The fourth-order valence-corrected chi connectivity index (χ4v) is 1.97. The van der Waals surface area contributed by atoms with Crippen molar-refractivity contribution in [2.45, 2.75) is 53.6 Å². The van der Waals surface area contributed by atoms with Crippen molar-refractivity contribution in [2.24, 2.45) is 5.41 Å². The summed E-state index contributed by atoms with van der Waals surface area (Å²) in [7, 11) is 0. The summed E-state index contributed by atoms with van der Waals surface area (Å²) in [4.78, 5) is 49.8. The standard InChI is InChI=1S/C18H28O8/c1-8-23-14(20)18(15(21)24-9-2,16(22)25-10-3)11-12(4)13(19)26-17(5,6)7/h4,8-11H2,1-3,5-7H3. The first-order valence-electron chi connectivity index (χ1n) is 8.39. The van der Waals surface area contributed by atoms with Crippen LogP contribution in [-0.4, -0.2) is 49.3 Å². The van der Waals surface area contributed by atoms with Crippen LogP contribution in [-0.2, 0) is 38.1 Å². The second kappa shape index (κ2) is 9.94. The Hall–Kier alpha value is -2.38. The molecule has 0 radical (unpaired) electrons. The highest BCUT2D eigenvalue weighted by atomic mass is 16.6. The molecule has 0 fully saturated rings. The van der Waals surface area contributed by atoms with Gasteiger partial charge in [0.25, 0.3) is 5.41 Å². The lowest BCUT2D eigenvalue weighted by atomic mass is 9.81. The molecule has 0 aromatic heterocycles. The van der Waals surface area contributed by atoms with Crippen LogP contribution < -0.4 is 0 Å². The first-order chi connectivity index (χ1) is 12.0. The quantitative estimate of drug-likeness (QED) is 0.262. The van der Waals surface area contributed by atoms with Gasteiger partial charge in [0.05, 0.1) is 19.8 Å². The molecule has 0 aromatic rings. The smallest absolute Gasteiger partial charge is 0.335 e. The van der Waals surface area contributed by atoms with E-state index in [0.29, 0.717) is 0 Å². The van der Waals surface area contributed by atoms with Gasteiger partial charge in [-0.1, -0.05) is 6.58 Å². The van der Waals surface area contributed by atoms with E-state index in [2.05, 4.69) is 6.58 Å². The lowest BCUT2D eigenvalue weighted by Crippen LogP contribution is -2.50. The Morgan fingerprint density at radius 2 is 1.12 bits per heavy atom. The monoisotopic (exact) mass is 372 g/mol. The van der Waals surface area contributed by atoms with Crippen LogP contribution in [0.5, 0.6) is 0 Å². The number of hydrogen-bond donors (Lipinski definition) is 0. The minimum atomic E-state index is -2.48. The van der Waals surface area contributed by atoms with Crippen molar-refractivity contribution in [1.82, 2.24) is 0 Å².